The van der Waals surface area contributed by atoms with Gasteiger partial charge in [0, 0.05) is 12.0 Å². The Morgan fingerprint density at radius 3 is 1.68 bits per heavy atom. The van der Waals surface area contributed by atoms with E-state index in [0.29, 0.717) is 39.9 Å². The molecular weight excluding hydrogens is 276 g/mol. The number of rotatable bonds is 8. The van der Waals surface area contributed by atoms with Crippen LogP contribution >= 0.6 is 0 Å². The molecule has 4 heteroatoms. The largest absolute Gasteiger partial charge is 0.370 e. The van der Waals surface area contributed by atoms with Crippen molar-refractivity contribution in [1.29, 1.82) is 0 Å². The summed E-state index contributed by atoms with van der Waals surface area (Å²) in [4.78, 5) is 21.4. The van der Waals surface area contributed by atoms with E-state index in [1.807, 2.05) is 0 Å². The van der Waals surface area contributed by atoms with Gasteiger partial charge in [0.1, 0.15) is 0 Å². The van der Waals surface area contributed by atoms with Gasteiger partial charge in [0.05, 0.1) is 0 Å². The maximum absolute atomic E-state index is 10.8. The summed E-state index contributed by atoms with van der Waals surface area (Å²) in [5, 5.41) is 0. The minimum atomic E-state index is -0.761. The minimum absolute atomic E-state index is 0.176. The van der Waals surface area contributed by atoms with E-state index in [1.54, 1.807) is 0 Å². The second kappa shape index (κ2) is 8.28. The van der Waals surface area contributed by atoms with Gasteiger partial charge in [0.15, 0.2) is 0 Å². The van der Waals surface area contributed by atoms with Gasteiger partial charge in [-0.15, -0.1) is 0 Å². The molecule has 4 N–H and O–H groups in total. The van der Waals surface area contributed by atoms with E-state index in [2.05, 4.69) is 51.3 Å². The highest BCUT2D eigenvalue weighted by molar-refractivity contribution is 5.92. The van der Waals surface area contributed by atoms with Gasteiger partial charge in [-0.1, -0.05) is 45.4 Å². The van der Waals surface area contributed by atoms with Gasteiger partial charge >= 0.3 is 0 Å². The summed E-state index contributed by atoms with van der Waals surface area (Å²) in [7, 11) is 0. The molecule has 0 aliphatic carbocycles. The summed E-state index contributed by atoms with van der Waals surface area (Å²) in [5.74, 6) is 3.48. The normalized spacial score (nSPS) is 8.91. The number of hydrogen-bond acceptors (Lipinski definition) is 2. The first kappa shape index (κ1) is 18.9. The molecule has 22 heavy (non-hydrogen) atoms. The third-order valence-electron chi connectivity index (χ3n) is 2.89. The first-order valence-corrected chi connectivity index (χ1v) is 6.31. The Hall–Kier alpha value is -3.06. The fourth-order valence-corrected chi connectivity index (χ4v) is 1.40. The fraction of sp³-hybridized carbons (Fsp3) is 0.111. The SMILES string of the molecule is C=C(C#CC(N)=O)C(=C)C(=C)C(=C)C(=C)C(=C)CCC(N)=O. The predicted molar refractivity (Wildman–Crippen MR) is 90.2 cm³/mol. The standard InChI is InChI=1S/C18H20N2O2/c1-11(7-9-17(19)21)13(3)15(5)16(6)14(4)12(2)8-10-18(20)22/h1-7,9H2,(H2,19,21)(H2,20,22). The lowest BCUT2D eigenvalue weighted by atomic mass is 9.88. The maximum atomic E-state index is 10.8. The molecule has 0 heterocycles. The lowest BCUT2D eigenvalue weighted by Crippen LogP contribution is -2.10. The monoisotopic (exact) mass is 296 g/mol. The number of hydrogen-bond donors (Lipinski definition) is 2. The molecular formula is C18H20N2O2. The van der Waals surface area contributed by atoms with Crippen molar-refractivity contribution in [1.82, 2.24) is 0 Å². The van der Waals surface area contributed by atoms with Gasteiger partial charge in [0.2, 0.25) is 5.91 Å². The molecule has 0 bridgehead atoms. The van der Waals surface area contributed by atoms with Crippen molar-refractivity contribution in [3.8, 4) is 11.8 Å². The van der Waals surface area contributed by atoms with E-state index in [0.717, 1.165) is 0 Å². The Kier molecular flexibility index (Phi) is 7.13. The van der Waals surface area contributed by atoms with Crippen molar-refractivity contribution in [2.24, 2.45) is 11.5 Å². The average Bonchev–Trinajstić information content (AvgIpc) is 2.46. The van der Waals surface area contributed by atoms with Crippen molar-refractivity contribution in [3.05, 3.63) is 72.9 Å². The molecule has 0 saturated carbocycles. The summed E-state index contributed by atoms with van der Waals surface area (Å²) < 4.78 is 0. The third kappa shape index (κ3) is 5.93. The lowest BCUT2D eigenvalue weighted by Gasteiger charge is -2.15. The highest BCUT2D eigenvalue weighted by Gasteiger charge is 2.12. The van der Waals surface area contributed by atoms with Gasteiger partial charge in [-0.25, -0.2) is 0 Å². The van der Waals surface area contributed by atoms with Crippen molar-refractivity contribution < 1.29 is 9.59 Å². The molecule has 0 aromatic carbocycles. The molecule has 0 aliphatic heterocycles. The van der Waals surface area contributed by atoms with Crippen LogP contribution in [0.25, 0.3) is 0 Å². The van der Waals surface area contributed by atoms with Gasteiger partial charge in [-0.2, -0.15) is 0 Å². The van der Waals surface area contributed by atoms with Crippen molar-refractivity contribution in [3.63, 3.8) is 0 Å². The minimum Gasteiger partial charge on any atom is -0.370 e. The van der Waals surface area contributed by atoms with Crippen LogP contribution in [0.15, 0.2) is 72.9 Å². The zero-order chi connectivity index (χ0) is 17.4. The van der Waals surface area contributed by atoms with Crippen LogP contribution in [0.2, 0.25) is 0 Å². The summed E-state index contributed by atoms with van der Waals surface area (Å²) in [6.45, 7) is 23.0. The second-order valence-electron chi connectivity index (χ2n) is 4.58. The summed E-state index contributed by atoms with van der Waals surface area (Å²) in [5.41, 5.74) is 12.9. The van der Waals surface area contributed by atoms with Crippen molar-refractivity contribution >= 4 is 11.8 Å². The van der Waals surface area contributed by atoms with Crippen LogP contribution in [0.4, 0.5) is 0 Å². The second-order valence-corrected chi connectivity index (χ2v) is 4.58. The van der Waals surface area contributed by atoms with Crippen LogP contribution < -0.4 is 11.5 Å². The van der Waals surface area contributed by atoms with Gasteiger partial charge in [-0.3, -0.25) is 9.59 Å². The van der Waals surface area contributed by atoms with E-state index in [-0.39, 0.29) is 6.42 Å². The molecule has 0 unspecified atom stereocenters. The number of nitrogens with two attached hydrogens (primary N) is 2. The molecule has 0 radical (unpaired) electrons. The van der Waals surface area contributed by atoms with E-state index >= 15 is 0 Å². The lowest BCUT2D eigenvalue weighted by molar-refractivity contribution is -0.118. The molecule has 4 nitrogen and oxygen atoms in total. The molecule has 0 aromatic rings. The Bertz CT molecular complexity index is 667. The van der Waals surface area contributed by atoms with E-state index in [1.165, 1.54) is 0 Å². The quantitative estimate of drug-likeness (QED) is 0.530. The third-order valence-corrected chi connectivity index (χ3v) is 2.89. The molecule has 0 rings (SSSR count). The average molecular weight is 296 g/mol. The molecule has 2 amide bonds. The number of primary amides is 2. The highest BCUT2D eigenvalue weighted by Crippen LogP contribution is 2.29. The highest BCUT2D eigenvalue weighted by atomic mass is 16.1. The number of allylic oxidation sites excluding steroid dienone is 6. The first-order chi connectivity index (χ1) is 10.1. The molecule has 0 atom stereocenters. The van der Waals surface area contributed by atoms with E-state index in [4.69, 9.17) is 11.5 Å². The fourth-order valence-electron chi connectivity index (χ4n) is 1.40. The van der Waals surface area contributed by atoms with Crippen molar-refractivity contribution in [2.45, 2.75) is 12.8 Å². The molecule has 0 saturated heterocycles. The Balaban J connectivity index is 4.93. The van der Waals surface area contributed by atoms with Gasteiger partial charge in [0.25, 0.3) is 5.91 Å². The van der Waals surface area contributed by atoms with Crippen molar-refractivity contribution in [2.75, 3.05) is 0 Å². The summed E-state index contributed by atoms with van der Waals surface area (Å²) >= 11 is 0. The Labute approximate surface area is 131 Å². The molecule has 0 fully saturated rings. The number of carbonyl (C=O) groups excluding carboxylic acids is 2. The predicted octanol–water partition coefficient (Wildman–Crippen LogP) is 2.08. The van der Waals surface area contributed by atoms with Crippen LogP contribution in [0, 0.1) is 11.8 Å². The summed E-state index contributed by atoms with van der Waals surface area (Å²) in [6, 6.07) is 0. The Morgan fingerprint density at radius 1 is 0.727 bits per heavy atom. The smallest absolute Gasteiger partial charge is 0.293 e. The Morgan fingerprint density at radius 2 is 1.23 bits per heavy atom. The van der Waals surface area contributed by atoms with Crippen LogP contribution in [0.1, 0.15) is 12.8 Å². The zero-order valence-corrected chi connectivity index (χ0v) is 12.6. The first-order valence-electron chi connectivity index (χ1n) is 6.31. The van der Waals surface area contributed by atoms with E-state index in [9.17, 15) is 9.59 Å². The van der Waals surface area contributed by atoms with Gasteiger partial charge < -0.3 is 11.5 Å². The van der Waals surface area contributed by atoms with E-state index < -0.39 is 11.8 Å². The maximum Gasteiger partial charge on any atom is 0.293 e. The zero-order valence-electron chi connectivity index (χ0n) is 12.6. The molecule has 114 valence electrons. The van der Waals surface area contributed by atoms with Gasteiger partial charge in [-0.05, 0) is 40.2 Å². The van der Waals surface area contributed by atoms with Crippen LogP contribution in [-0.4, -0.2) is 11.8 Å². The van der Waals surface area contributed by atoms with Crippen LogP contribution in [0.3, 0.4) is 0 Å². The topological polar surface area (TPSA) is 86.2 Å². The molecule has 0 spiro atoms. The number of carbonyl (C=O) groups is 2. The molecule has 0 aromatic heterocycles. The van der Waals surface area contributed by atoms with Crippen LogP contribution in [0.5, 0.6) is 0 Å². The number of amides is 2. The summed E-state index contributed by atoms with van der Waals surface area (Å²) in [6.07, 6.45) is 0.560. The molecule has 0 aliphatic rings. The van der Waals surface area contributed by atoms with Crippen LogP contribution in [-0.2, 0) is 9.59 Å².